The molecular formula is C16H16N2O6S. The number of phenols is 1. The molecule has 9 heteroatoms. The molecule has 0 aromatic heterocycles. The molecule has 0 heterocycles. The molecule has 1 amide bonds. The number of rotatable bonds is 6. The Kier molecular flexibility index (Phi) is 5.28. The summed E-state index contributed by atoms with van der Waals surface area (Å²) in [7, 11) is -3.41. The van der Waals surface area contributed by atoms with Gasteiger partial charge in [0.2, 0.25) is 10.0 Å². The minimum atomic E-state index is -3.41. The standard InChI is InChI=1S/C16H16N2O6S/c1-25(23,24)18-12-5-3-11(4-6-12)16(22)17-13-8-10(9-15(20)21)2-7-14(13)19/h2-8,18-19H,9H2,1H3,(H,17,22)(H,20,21). The van der Waals surface area contributed by atoms with Crippen LogP contribution < -0.4 is 10.0 Å². The Hall–Kier alpha value is -3.07. The lowest BCUT2D eigenvalue weighted by Gasteiger charge is -2.10. The smallest absolute Gasteiger partial charge is 0.307 e. The highest BCUT2D eigenvalue weighted by atomic mass is 32.2. The number of nitrogens with one attached hydrogen (secondary N) is 2. The molecule has 8 nitrogen and oxygen atoms in total. The van der Waals surface area contributed by atoms with Gasteiger partial charge >= 0.3 is 5.97 Å². The number of sulfonamides is 1. The summed E-state index contributed by atoms with van der Waals surface area (Å²) in [6, 6.07) is 9.81. The van der Waals surface area contributed by atoms with Gasteiger partial charge in [-0.1, -0.05) is 6.07 Å². The summed E-state index contributed by atoms with van der Waals surface area (Å²) < 4.78 is 24.6. The lowest BCUT2D eigenvalue weighted by atomic mass is 10.1. The van der Waals surface area contributed by atoms with Gasteiger partial charge in [-0.3, -0.25) is 14.3 Å². The Bertz CT molecular complexity index is 907. The number of aliphatic carboxylic acids is 1. The largest absolute Gasteiger partial charge is 0.506 e. The van der Waals surface area contributed by atoms with Crippen molar-refractivity contribution in [2.45, 2.75) is 6.42 Å². The molecule has 2 rings (SSSR count). The molecule has 25 heavy (non-hydrogen) atoms. The molecule has 0 atom stereocenters. The Morgan fingerprint density at radius 2 is 1.72 bits per heavy atom. The Morgan fingerprint density at radius 3 is 2.28 bits per heavy atom. The molecule has 0 unspecified atom stereocenters. The first kappa shape index (κ1) is 18.3. The molecule has 0 saturated carbocycles. The highest BCUT2D eigenvalue weighted by molar-refractivity contribution is 7.92. The summed E-state index contributed by atoms with van der Waals surface area (Å²) in [4.78, 5) is 23.0. The fourth-order valence-corrected chi connectivity index (χ4v) is 2.63. The second kappa shape index (κ2) is 7.22. The summed E-state index contributed by atoms with van der Waals surface area (Å²) in [6.07, 6.45) is 0.773. The summed E-state index contributed by atoms with van der Waals surface area (Å²) in [5.74, 6) is -1.76. The van der Waals surface area contributed by atoms with E-state index in [1.807, 2.05) is 0 Å². The van der Waals surface area contributed by atoms with E-state index in [-0.39, 0.29) is 23.4 Å². The van der Waals surface area contributed by atoms with Crippen molar-refractivity contribution in [3.05, 3.63) is 53.6 Å². The van der Waals surface area contributed by atoms with E-state index < -0.39 is 21.9 Å². The predicted octanol–water partition coefficient (Wildman–Crippen LogP) is 1.64. The maximum Gasteiger partial charge on any atom is 0.307 e. The minimum absolute atomic E-state index is 0.0853. The van der Waals surface area contributed by atoms with Crippen molar-refractivity contribution in [3.63, 3.8) is 0 Å². The fourth-order valence-electron chi connectivity index (χ4n) is 2.07. The zero-order valence-electron chi connectivity index (χ0n) is 13.2. The Balaban J connectivity index is 2.15. The van der Waals surface area contributed by atoms with Gasteiger partial charge in [0, 0.05) is 11.3 Å². The lowest BCUT2D eigenvalue weighted by Crippen LogP contribution is -2.13. The zero-order valence-corrected chi connectivity index (χ0v) is 14.0. The molecule has 4 N–H and O–H groups in total. The van der Waals surface area contributed by atoms with Crippen LogP contribution in [0.3, 0.4) is 0 Å². The molecule has 0 aliphatic rings. The number of hydrogen-bond acceptors (Lipinski definition) is 5. The van der Waals surface area contributed by atoms with Gasteiger partial charge in [-0.2, -0.15) is 0 Å². The molecule has 0 aliphatic heterocycles. The first-order chi connectivity index (χ1) is 11.6. The van der Waals surface area contributed by atoms with Gasteiger partial charge in [0.25, 0.3) is 5.91 Å². The van der Waals surface area contributed by atoms with E-state index in [0.717, 1.165) is 6.26 Å². The van der Waals surface area contributed by atoms with Crippen molar-refractivity contribution in [3.8, 4) is 5.75 Å². The van der Waals surface area contributed by atoms with E-state index in [9.17, 15) is 23.1 Å². The second-order valence-electron chi connectivity index (χ2n) is 5.33. The van der Waals surface area contributed by atoms with E-state index in [1.165, 1.54) is 42.5 Å². The summed E-state index contributed by atoms with van der Waals surface area (Å²) >= 11 is 0. The Labute approximate surface area is 144 Å². The van der Waals surface area contributed by atoms with Crippen LogP contribution >= 0.6 is 0 Å². The lowest BCUT2D eigenvalue weighted by molar-refractivity contribution is -0.136. The van der Waals surface area contributed by atoms with Crippen LogP contribution in [-0.2, 0) is 21.2 Å². The Morgan fingerprint density at radius 1 is 1.08 bits per heavy atom. The van der Waals surface area contributed by atoms with Gasteiger partial charge < -0.3 is 15.5 Å². The molecular weight excluding hydrogens is 348 g/mol. The van der Waals surface area contributed by atoms with E-state index in [2.05, 4.69) is 10.0 Å². The highest BCUT2D eigenvalue weighted by Gasteiger charge is 2.11. The normalized spacial score (nSPS) is 10.9. The first-order valence-electron chi connectivity index (χ1n) is 7.07. The van der Waals surface area contributed by atoms with Crippen LogP contribution in [0.1, 0.15) is 15.9 Å². The van der Waals surface area contributed by atoms with Crippen LogP contribution in [0.15, 0.2) is 42.5 Å². The number of benzene rings is 2. The topological polar surface area (TPSA) is 133 Å². The summed E-state index contributed by atoms with van der Waals surface area (Å²) in [5.41, 5.74) is 1.06. The molecule has 0 aliphatic carbocycles. The average Bonchev–Trinajstić information content (AvgIpc) is 2.49. The molecule has 0 saturated heterocycles. The van der Waals surface area contributed by atoms with Crippen LogP contribution in [0.5, 0.6) is 5.75 Å². The van der Waals surface area contributed by atoms with Gasteiger partial charge in [0.15, 0.2) is 0 Å². The number of carbonyl (C=O) groups is 2. The predicted molar refractivity (Wildman–Crippen MR) is 92.3 cm³/mol. The van der Waals surface area contributed by atoms with Crippen molar-refractivity contribution < 1.29 is 28.2 Å². The molecule has 2 aromatic rings. The summed E-state index contributed by atoms with van der Waals surface area (Å²) in [6.45, 7) is 0. The van der Waals surface area contributed by atoms with E-state index in [4.69, 9.17) is 5.11 Å². The highest BCUT2D eigenvalue weighted by Crippen LogP contribution is 2.25. The molecule has 0 fully saturated rings. The summed E-state index contributed by atoms with van der Waals surface area (Å²) in [5, 5.41) is 21.1. The number of aromatic hydroxyl groups is 1. The van der Waals surface area contributed by atoms with Crippen molar-refractivity contribution in [2.24, 2.45) is 0 Å². The van der Waals surface area contributed by atoms with Gasteiger partial charge in [-0.15, -0.1) is 0 Å². The average molecular weight is 364 g/mol. The van der Waals surface area contributed by atoms with Crippen LogP contribution in [0.25, 0.3) is 0 Å². The number of anilines is 2. The third-order valence-electron chi connectivity index (χ3n) is 3.11. The van der Waals surface area contributed by atoms with Gasteiger partial charge in [0.05, 0.1) is 18.4 Å². The van der Waals surface area contributed by atoms with Crippen LogP contribution in [0.4, 0.5) is 11.4 Å². The zero-order chi connectivity index (χ0) is 18.6. The monoisotopic (exact) mass is 364 g/mol. The number of carboxylic acid groups (broad SMARTS) is 1. The van der Waals surface area contributed by atoms with Gasteiger partial charge in [-0.25, -0.2) is 8.42 Å². The van der Waals surface area contributed by atoms with E-state index in [0.29, 0.717) is 11.3 Å². The van der Waals surface area contributed by atoms with E-state index in [1.54, 1.807) is 0 Å². The van der Waals surface area contributed by atoms with E-state index >= 15 is 0 Å². The van der Waals surface area contributed by atoms with Crippen molar-refractivity contribution >= 4 is 33.3 Å². The molecule has 0 radical (unpaired) electrons. The molecule has 132 valence electrons. The van der Waals surface area contributed by atoms with Crippen molar-refractivity contribution in [1.29, 1.82) is 0 Å². The van der Waals surface area contributed by atoms with Crippen LogP contribution in [0, 0.1) is 0 Å². The van der Waals surface area contributed by atoms with Gasteiger partial charge in [0.1, 0.15) is 5.75 Å². The number of amides is 1. The van der Waals surface area contributed by atoms with Gasteiger partial charge in [-0.05, 0) is 42.0 Å². The number of carboxylic acids is 1. The maximum absolute atomic E-state index is 12.2. The molecule has 0 spiro atoms. The fraction of sp³-hybridized carbons (Fsp3) is 0.125. The quantitative estimate of drug-likeness (QED) is 0.576. The third-order valence-corrected chi connectivity index (χ3v) is 3.72. The SMILES string of the molecule is CS(=O)(=O)Nc1ccc(C(=O)Nc2cc(CC(=O)O)ccc2O)cc1. The number of carbonyl (C=O) groups excluding carboxylic acids is 1. The maximum atomic E-state index is 12.2. The first-order valence-corrected chi connectivity index (χ1v) is 8.96. The van der Waals surface area contributed by atoms with Crippen molar-refractivity contribution in [1.82, 2.24) is 0 Å². The van der Waals surface area contributed by atoms with Crippen LogP contribution in [-0.4, -0.2) is 36.8 Å². The number of phenolic OH excluding ortho intramolecular Hbond substituents is 1. The molecule has 2 aromatic carbocycles. The molecule has 0 bridgehead atoms. The second-order valence-corrected chi connectivity index (χ2v) is 7.08. The third kappa shape index (κ3) is 5.50. The number of hydrogen-bond donors (Lipinski definition) is 4. The van der Waals surface area contributed by atoms with Crippen molar-refractivity contribution in [2.75, 3.05) is 16.3 Å². The van der Waals surface area contributed by atoms with Crippen LogP contribution in [0.2, 0.25) is 0 Å². The minimum Gasteiger partial charge on any atom is -0.506 e.